The van der Waals surface area contributed by atoms with E-state index in [2.05, 4.69) is 8.85 Å². The lowest BCUT2D eigenvalue weighted by Crippen LogP contribution is -2.51. The second kappa shape index (κ2) is 25.6. The summed E-state index contributed by atoms with van der Waals surface area (Å²) in [5, 5.41) is 7.57. The molecule has 224 valence electrons. The van der Waals surface area contributed by atoms with Crippen LogP contribution >= 0.6 is 0 Å². The van der Waals surface area contributed by atoms with Crippen LogP contribution in [0.25, 0.3) is 0 Å². The van der Waals surface area contributed by atoms with E-state index in [9.17, 15) is 9.59 Å². The Morgan fingerprint density at radius 1 is 0.667 bits per heavy atom. The summed E-state index contributed by atoms with van der Waals surface area (Å²) in [6, 6.07) is 1.17. The highest BCUT2D eigenvalue weighted by Crippen LogP contribution is 2.18. The Labute approximate surface area is 223 Å². The minimum Gasteiger partial charge on any atom is -0.411 e. The molecule has 13 nitrogen and oxygen atoms in total. The van der Waals surface area contributed by atoms with Gasteiger partial charge in [0.15, 0.2) is 0 Å². The van der Waals surface area contributed by atoms with E-state index in [1.54, 1.807) is 26.6 Å². The van der Waals surface area contributed by atoms with Gasteiger partial charge in [0.25, 0.3) is 0 Å². The number of hydrogen-bond donors (Lipinski definition) is 6. The van der Waals surface area contributed by atoms with E-state index in [4.69, 9.17) is 43.2 Å². The SMILES string of the molecule is CCO.CCO[Si](O)(CCCN)OCC.CO[Si](C)(O)OC.CO[Si](C)(OC)O[Si](C)(O)CCCN. The van der Waals surface area contributed by atoms with Gasteiger partial charge in [-0.25, -0.2) is 0 Å². The first-order valence-corrected chi connectivity index (χ1v) is 21.0. The Balaban J connectivity index is -0.000000211. The largest absolute Gasteiger partial charge is 0.498 e. The average molecular weight is 601 g/mol. The summed E-state index contributed by atoms with van der Waals surface area (Å²) in [4.78, 5) is 28.6. The van der Waals surface area contributed by atoms with Crippen LogP contribution in [0.3, 0.4) is 0 Å². The molecule has 0 rings (SSSR count). The molecule has 0 aliphatic heterocycles. The summed E-state index contributed by atoms with van der Waals surface area (Å²) in [5.41, 5.74) is 10.7. The zero-order valence-electron chi connectivity index (χ0n) is 24.2. The first-order chi connectivity index (χ1) is 16.6. The maximum Gasteiger partial charge on any atom is 0.498 e. The van der Waals surface area contributed by atoms with Gasteiger partial charge in [0.1, 0.15) is 0 Å². The molecule has 0 aromatic heterocycles. The molecular formula is C19H56N2O11Si4. The van der Waals surface area contributed by atoms with Crippen LogP contribution in [0.2, 0.25) is 31.7 Å². The molecule has 0 saturated carbocycles. The molecule has 0 bridgehead atoms. The van der Waals surface area contributed by atoms with E-state index in [0.717, 1.165) is 12.8 Å². The highest BCUT2D eigenvalue weighted by Gasteiger charge is 2.41. The van der Waals surface area contributed by atoms with Crippen molar-refractivity contribution in [3.63, 3.8) is 0 Å². The van der Waals surface area contributed by atoms with E-state index < -0.39 is 35.0 Å². The second-order valence-corrected chi connectivity index (χ2v) is 18.9. The van der Waals surface area contributed by atoms with Crippen molar-refractivity contribution in [1.29, 1.82) is 0 Å². The standard InChI is InChI=1S/C7H21NO4Si2.C7H19NO3Si.C3H10O3Si.C2H6O/c1-10-14(4,11-2)12-13(3,9)7-5-6-8;1-3-10-12(9,11-4-2)7-5-6-8;1-5-7(3,4)6-2;1-2-3/h9H,5-8H2,1-4H3;9H,3-8H2,1-2H3;4H,1-3H3;3H,2H2,1H3. The van der Waals surface area contributed by atoms with Gasteiger partial charge >= 0.3 is 35.0 Å². The zero-order chi connectivity index (χ0) is 29.3. The van der Waals surface area contributed by atoms with Gasteiger partial charge in [0, 0.05) is 67.4 Å². The van der Waals surface area contributed by atoms with Crippen molar-refractivity contribution in [2.75, 3.05) is 61.3 Å². The van der Waals surface area contributed by atoms with E-state index in [-0.39, 0.29) is 6.61 Å². The van der Waals surface area contributed by atoms with Crippen molar-refractivity contribution in [2.45, 2.75) is 65.3 Å². The summed E-state index contributed by atoms with van der Waals surface area (Å²) < 4.78 is 35.3. The fourth-order valence-corrected chi connectivity index (χ4v) is 9.48. The lowest BCUT2D eigenvalue weighted by Gasteiger charge is -2.30. The number of aliphatic hydroxyl groups is 1. The van der Waals surface area contributed by atoms with Crippen molar-refractivity contribution in [3.05, 3.63) is 0 Å². The summed E-state index contributed by atoms with van der Waals surface area (Å²) >= 11 is 0. The van der Waals surface area contributed by atoms with Crippen LogP contribution in [0.5, 0.6) is 0 Å². The number of rotatable bonds is 16. The molecule has 0 aromatic carbocycles. The highest BCUT2D eigenvalue weighted by atomic mass is 28.5. The molecule has 0 radical (unpaired) electrons. The van der Waals surface area contributed by atoms with Gasteiger partial charge in [0.05, 0.1) is 0 Å². The normalized spacial score (nSPS) is 13.3. The van der Waals surface area contributed by atoms with Gasteiger partial charge in [-0.05, 0) is 59.3 Å². The Morgan fingerprint density at radius 2 is 1.03 bits per heavy atom. The average Bonchev–Trinajstić information content (AvgIpc) is 2.83. The van der Waals surface area contributed by atoms with Gasteiger partial charge in [-0.3, -0.25) is 0 Å². The molecule has 36 heavy (non-hydrogen) atoms. The van der Waals surface area contributed by atoms with Gasteiger partial charge in [-0.15, -0.1) is 0 Å². The molecule has 8 N–H and O–H groups in total. The summed E-state index contributed by atoms with van der Waals surface area (Å²) in [7, 11) is -4.87. The van der Waals surface area contributed by atoms with Crippen LogP contribution in [0.4, 0.5) is 0 Å². The molecule has 0 amide bonds. The molecule has 0 aliphatic carbocycles. The molecule has 0 fully saturated rings. The van der Waals surface area contributed by atoms with E-state index in [1.165, 1.54) is 28.4 Å². The topological polar surface area (TPSA) is 198 Å². The van der Waals surface area contributed by atoms with Crippen LogP contribution in [-0.4, -0.2) is 116 Å². The highest BCUT2D eigenvalue weighted by molar-refractivity contribution is 6.76. The first-order valence-electron chi connectivity index (χ1n) is 12.0. The van der Waals surface area contributed by atoms with Crippen LogP contribution < -0.4 is 11.5 Å². The van der Waals surface area contributed by atoms with Crippen molar-refractivity contribution >= 4 is 35.0 Å². The minimum absolute atomic E-state index is 0.250. The maximum atomic E-state index is 9.98. The van der Waals surface area contributed by atoms with Crippen molar-refractivity contribution < 1.29 is 50.2 Å². The fourth-order valence-electron chi connectivity index (χ4n) is 2.09. The Bertz CT molecular complexity index is 455. The van der Waals surface area contributed by atoms with Crippen molar-refractivity contribution in [3.8, 4) is 0 Å². The summed E-state index contributed by atoms with van der Waals surface area (Å²) in [6.45, 7) is 12.8. The number of aliphatic hydroxyl groups excluding tert-OH is 1. The van der Waals surface area contributed by atoms with Crippen LogP contribution in [-0.2, 0) is 30.7 Å². The predicted octanol–water partition coefficient (Wildman–Crippen LogP) is 0.456. The van der Waals surface area contributed by atoms with E-state index >= 15 is 0 Å². The third kappa shape index (κ3) is 28.9. The lowest BCUT2D eigenvalue weighted by molar-refractivity contribution is 0.108. The molecule has 1 unspecified atom stereocenters. The minimum atomic E-state index is -2.85. The zero-order valence-corrected chi connectivity index (χ0v) is 28.2. The molecular weight excluding hydrogens is 545 g/mol. The molecule has 0 saturated heterocycles. The van der Waals surface area contributed by atoms with Gasteiger partial charge < -0.3 is 61.6 Å². The third-order valence-corrected chi connectivity index (χ3v) is 14.2. The molecule has 0 aromatic rings. The maximum absolute atomic E-state index is 9.98. The van der Waals surface area contributed by atoms with E-state index in [0.29, 0.717) is 38.4 Å². The number of hydrogen-bond acceptors (Lipinski definition) is 13. The Kier molecular flexibility index (Phi) is 30.9. The summed E-state index contributed by atoms with van der Waals surface area (Å²) in [5.74, 6) is 0. The van der Waals surface area contributed by atoms with Gasteiger partial charge in [0.2, 0.25) is 0 Å². The number of nitrogens with two attached hydrogens (primary N) is 2. The van der Waals surface area contributed by atoms with Gasteiger partial charge in [-0.2, -0.15) is 0 Å². The Morgan fingerprint density at radius 3 is 1.28 bits per heavy atom. The molecule has 1 atom stereocenters. The molecule has 0 spiro atoms. The molecule has 17 heteroatoms. The second-order valence-electron chi connectivity index (χ2n) is 7.53. The lowest BCUT2D eigenvalue weighted by atomic mass is 10.5. The van der Waals surface area contributed by atoms with Crippen LogP contribution in [0.1, 0.15) is 33.6 Å². The van der Waals surface area contributed by atoms with Crippen LogP contribution in [0, 0.1) is 0 Å². The third-order valence-electron chi connectivity index (χ3n) is 4.19. The smallest absolute Gasteiger partial charge is 0.411 e. The van der Waals surface area contributed by atoms with Crippen molar-refractivity contribution in [2.24, 2.45) is 11.5 Å². The first kappa shape index (κ1) is 43.4. The molecule has 0 heterocycles. The molecule has 0 aliphatic rings. The van der Waals surface area contributed by atoms with Crippen LogP contribution in [0.15, 0.2) is 0 Å². The quantitative estimate of drug-likeness (QED) is 0.134. The monoisotopic (exact) mass is 600 g/mol. The van der Waals surface area contributed by atoms with Crippen molar-refractivity contribution in [1.82, 2.24) is 0 Å². The Hall–Kier alpha value is 0.348. The fraction of sp³-hybridized carbons (Fsp3) is 1.00. The van der Waals surface area contributed by atoms with E-state index in [1.807, 2.05) is 13.8 Å². The van der Waals surface area contributed by atoms with Gasteiger partial charge in [-0.1, -0.05) is 0 Å². The summed E-state index contributed by atoms with van der Waals surface area (Å²) in [6.07, 6.45) is 1.51. The predicted molar refractivity (Wildman–Crippen MR) is 149 cm³/mol.